The van der Waals surface area contributed by atoms with Crippen molar-refractivity contribution in [3.63, 3.8) is 0 Å². The zero-order valence-corrected chi connectivity index (χ0v) is 8.49. The van der Waals surface area contributed by atoms with E-state index in [2.05, 4.69) is 4.98 Å². The number of methoxy groups -OCH3 is 1. The minimum absolute atomic E-state index is 0.0797. The van der Waals surface area contributed by atoms with Crippen LogP contribution in [0.4, 0.5) is 10.1 Å². The first-order valence-electron chi connectivity index (χ1n) is 4.49. The van der Waals surface area contributed by atoms with E-state index in [0.717, 1.165) is 0 Å². The van der Waals surface area contributed by atoms with Crippen LogP contribution in [0.25, 0.3) is 10.9 Å². The van der Waals surface area contributed by atoms with Crippen molar-refractivity contribution >= 4 is 16.6 Å². The summed E-state index contributed by atoms with van der Waals surface area (Å²) in [5, 5.41) is 9.30. The predicted molar refractivity (Wildman–Crippen MR) is 57.4 cm³/mol. The van der Waals surface area contributed by atoms with Crippen molar-refractivity contribution in [1.82, 2.24) is 4.98 Å². The number of nitriles is 1. The van der Waals surface area contributed by atoms with Crippen molar-refractivity contribution in [3.05, 3.63) is 29.7 Å². The molecule has 1 aromatic heterocycles. The maximum atomic E-state index is 13.4. The van der Waals surface area contributed by atoms with Crippen molar-refractivity contribution in [3.8, 4) is 11.8 Å². The average Bonchev–Trinajstić information content (AvgIpc) is 2.29. The van der Waals surface area contributed by atoms with Crippen LogP contribution in [-0.2, 0) is 0 Å². The number of fused-ring (bicyclic) bond motifs is 1. The Morgan fingerprint density at radius 2 is 2.25 bits per heavy atom. The van der Waals surface area contributed by atoms with Gasteiger partial charge in [0.05, 0.1) is 23.9 Å². The SMILES string of the molecule is COc1cc2c(N)c(C#N)cnc2cc1F. The van der Waals surface area contributed by atoms with Crippen LogP contribution in [-0.4, -0.2) is 12.1 Å². The van der Waals surface area contributed by atoms with E-state index in [1.54, 1.807) is 0 Å². The number of anilines is 1. The van der Waals surface area contributed by atoms with Crippen LogP contribution < -0.4 is 10.5 Å². The van der Waals surface area contributed by atoms with Gasteiger partial charge in [-0.1, -0.05) is 0 Å². The zero-order chi connectivity index (χ0) is 11.7. The number of rotatable bonds is 1. The van der Waals surface area contributed by atoms with Gasteiger partial charge in [-0.2, -0.15) is 5.26 Å². The molecule has 1 aromatic carbocycles. The second kappa shape index (κ2) is 3.66. The number of benzene rings is 1. The molecule has 1 heterocycles. The minimum Gasteiger partial charge on any atom is -0.494 e. The Balaban J connectivity index is 2.83. The van der Waals surface area contributed by atoms with Gasteiger partial charge in [0.2, 0.25) is 0 Å². The summed E-state index contributed by atoms with van der Waals surface area (Å²) in [5.41, 5.74) is 6.71. The lowest BCUT2D eigenvalue weighted by Crippen LogP contribution is -1.96. The topological polar surface area (TPSA) is 71.9 Å². The monoisotopic (exact) mass is 217 g/mol. The van der Waals surface area contributed by atoms with E-state index in [1.807, 2.05) is 6.07 Å². The van der Waals surface area contributed by atoms with E-state index < -0.39 is 5.82 Å². The smallest absolute Gasteiger partial charge is 0.167 e. The first-order chi connectivity index (χ1) is 7.67. The molecule has 0 spiro atoms. The molecular weight excluding hydrogens is 209 g/mol. The standard InChI is InChI=1S/C11H8FN3O/c1-16-10-2-7-9(3-8(10)12)15-5-6(4-13)11(7)14/h2-3,5H,1H3,(H2,14,15). The zero-order valence-electron chi connectivity index (χ0n) is 8.49. The molecule has 4 nitrogen and oxygen atoms in total. The Morgan fingerprint density at radius 1 is 1.50 bits per heavy atom. The number of aromatic nitrogens is 1. The molecule has 2 aromatic rings. The fourth-order valence-corrected chi connectivity index (χ4v) is 1.46. The van der Waals surface area contributed by atoms with Gasteiger partial charge >= 0.3 is 0 Å². The van der Waals surface area contributed by atoms with Crippen molar-refractivity contribution in [2.45, 2.75) is 0 Å². The Bertz CT molecular complexity index is 604. The maximum absolute atomic E-state index is 13.4. The van der Waals surface area contributed by atoms with Crippen LogP contribution in [0.2, 0.25) is 0 Å². The summed E-state index contributed by atoms with van der Waals surface area (Å²) in [5.74, 6) is -0.428. The summed E-state index contributed by atoms with van der Waals surface area (Å²) in [6.07, 6.45) is 1.32. The summed E-state index contributed by atoms with van der Waals surface area (Å²) in [6, 6.07) is 4.58. The highest BCUT2D eigenvalue weighted by Gasteiger charge is 2.10. The Kier molecular flexibility index (Phi) is 2.33. The molecule has 2 N–H and O–H groups in total. The lowest BCUT2D eigenvalue weighted by atomic mass is 10.1. The van der Waals surface area contributed by atoms with E-state index in [-0.39, 0.29) is 17.0 Å². The second-order valence-electron chi connectivity index (χ2n) is 3.20. The van der Waals surface area contributed by atoms with E-state index in [0.29, 0.717) is 10.9 Å². The van der Waals surface area contributed by atoms with Gasteiger partial charge in [0, 0.05) is 17.6 Å². The number of nitrogen functional groups attached to an aromatic ring is 1. The van der Waals surface area contributed by atoms with Crippen molar-refractivity contribution in [2.24, 2.45) is 0 Å². The van der Waals surface area contributed by atoms with Crippen LogP contribution >= 0.6 is 0 Å². The highest BCUT2D eigenvalue weighted by Crippen LogP contribution is 2.28. The molecule has 0 aliphatic heterocycles. The highest BCUT2D eigenvalue weighted by molar-refractivity contribution is 5.93. The number of hydrogen-bond acceptors (Lipinski definition) is 4. The van der Waals surface area contributed by atoms with Crippen LogP contribution in [0.15, 0.2) is 18.3 Å². The van der Waals surface area contributed by atoms with E-state index >= 15 is 0 Å². The number of hydrogen-bond donors (Lipinski definition) is 1. The van der Waals surface area contributed by atoms with Gasteiger partial charge in [-0.3, -0.25) is 4.98 Å². The summed E-state index contributed by atoms with van der Waals surface area (Å²) < 4.78 is 18.2. The number of nitrogens with zero attached hydrogens (tertiary/aromatic N) is 2. The van der Waals surface area contributed by atoms with Crippen LogP contribution in [0.5, 0.6) is 5.75 Å². The van der Waals surface area contributed by atoms with Gasteiger partial charge in [0.1, 0.15) is 6.07 Å². The molecule has 80 valence electrons. The molecule has 5 heteroatoms. The Labute approximate surface area is 91.1 Å². The molecule has 0 radical (unpaired) electrons. The molecule has 0 aliphatic rings. The molecule has 0 saturated carbocycles. The highest BCUT2D eigenvalue weighted by atomic mass is 19.1. The third-order valence-electron chi connectivity index (χ3n) is 2.30. The third-order valence-corrected chi connectivity index (χ3v) is 2.30. The molecule has 0 aliphatic carbocycles. The minimum atomic E-state index is -0.508. The predicted octanol–water partition coefficient (Wildman–Crippen LogP) is 1.84. The first-order valence-corrected chi connectivity index (χ1v) is 4.49. The quantitative estimate of drug-likeness (QED) is 0.791. The third kappa shape index (κ3) is 1.41. The number of halogens is 1. The Hall–Kier alpha value is -2.35. The molecule has 0 amide bonds. The lowest BCUT2D eigenvalue weighted by molar-refractivity contribution is 0.387. The number of pyridine rings is 1. The van der Waals surface area contributed by atoms with E-state index in [4.69, 9.17) is 15.7 Å². The van der Waals surface area contributed by atoms with Gasteiger partial charge in [-0.05, 0) is 6.07 Å². The normalized spacial score (nSPS) is 10.1. The molecular formula is C11H8FN3O. The van der Waals surface area contributed by atoms with E-state index in [9.17, 15) is 4.39 Å². The summed E-state index contributed by atoms with van der Waals surface area (Å²) >= 11 is 0. The van der Waals surface area contributed by atoms with Crippen molar-refractivity contribution in [1.29, 1.82) is 5.26 Å². The first kappa shape index (κ1) is 10.2. The van der Waals surface area contributed by atoms with Gasteiger partial charge in [-0.15, -0.1) is 0 Å². The average molecular weight is 217 g/mol. The second-order valence-corrected chi connectivity index (χ2v) is 3.20. The molecule has 2 rings (SSSR count). The van der Waals surface area contributed by atoms with Crippen molar-refractivity contribution in [2.75, 3.05) is 12.8 Å². The summed E-state index contributed by atoms with van der Waals surface area (Å²) in [7, 11) is 1.36. The number of ether oxygens (including phenoxy) is 1. The summed E-state index contributed by atoms with van der Waals surface area (Å²) in [4.78, 5) is 3.95. The molecule has 0 bridgehead atoms. The van der Waals surface area contributed by atoms with Crippen LogP contribution in [0.3, 0.4) is 0 Å². The molecule has 0 saturated heterocycles. The molecule has 16 heavy (non-hydrogen) atoms. The van der Waals surface area contributed by atoms with Gasteiger partial charge in [0.25, 0.3) is 0 Å². The largest absolute Gasteiger partial charge is 0.494 e. The van der Waals surface area contributed by atoms with Crippen molar-refractivity contribution < 1.29 is 9.13 Å². The molecule has 0 fully saturated rings. The lowest BCUT2D eigenvalue weighted by Gasteiger charge is -2.06. The van der Waals surface area contributed by atoms with E-state index in [1.165, 1.54) is 25.4 Å². The maximum Gasteiger partial charge on any atom is 0.167 e. The fourth-order valence-electron chi connectivity index (χ4n) is 1.46. The number of nitrogens with two attached hydrogens (primary N) is 1. The molecule has 0 atom stereocenters. The Morgan fingerprint density at radius 3 is 2.88 bits per heavy atom. The van der Waals surface area contributed by atoms with Crippen LogP contribution in [0, 0.1) is 17.1 Å². The van der Waals surface area contributed by atoms with Gasteiger partial charge in [0.15, 0.2) is 11.6 Å². The van der Waals surface area contributed by atoms with Crippen LogP contribution in [0.1, 0.15) is 5.56 Å². The molecule has 0 unspecified atom stereocenters. The summed E-state index contributed by atoms with van der Waals surface area (Å²) in [6.45, 7) is 0. The van der Waals surface area contributed by atoms with Gasteiger partial charge in [-0.25, -0.2) is 4.39 Å². The van der Waals surface area contributed by atoms with Gasteiger partial charge < -0.3 is 10.5 Å². The fraction of sp³-hybridized carbons (Fsp3) is 0.0909.